The van der Waals surface area contributed by atoms with Crippen LogP contribution in [0.4, 0.5) is 4.39 Å². The molecule has 0 amide bonds. The van der Waals surface area contributed by atoms with Gasteiger partial charge >= 0.3 is 0 Å². The molecule has 0 spiro atoms. The summed E-state index contributed by atoms with van der Waals surface area (Å²) in [5, 5.41) is 1.87. The van der Waals surface area contributed by atoms with E-state index in [0.29, 0.717) is 5.69 Å². The molecule has 0 aliphatic rings. The molecule has 0 saturated heterocycles. The van der Waals surface area contributed by atoms with Crippen LogP contribution < -0.4 is 4.74 Å². The molecule has 97 valence electrons. The number of rotatable bonds is 2. The third-order valence-electron chi connectivity index (χ3n) is 3.39. The summed E-state index contributed by atoms with van der Waals surface area (Å²) in [5.41, 5.74) is 2.61. The van der Waals surface area contributed by atoms with Crippen LogP contribution in [0, 0.1) is 19.4 Å². The van der Waals surface area contributed by atoms with Crippen molar-refractivity contribution in [1.82, 2.24) is 9.55 Å². The molecule has 0 aliphatic heterocycles. The number of pyridine rings is 1. The largest absolute Gasteiger partial charge is 0.497 e. The molecule has 4 heteroatoms. The first-order valence-corrected chi connectivity index (χ1v) is 6.10. The van der Waals surface area contributed by atoms with Gasteiger partial charge in [0.1, 0.15) is 5.75 Å². The highest BCUT2D eigenvalue weighted by Gasteiger charge is 2.14. The molecule has 0 fully saturated rings. The standard InChI is InChI=1S/C15H14FN2O/c1-4-18-13-7-10(19-3)5-6-11(13)12-8-14(16)17-9(2)15(12)18/h4-8H,1-3H3. The molecule has 0 aliphatic carbocycles. The molecule has 1 radical (unpaired) electrons. The van der Waals surface area contributed by atoms with Crippen LogP contribution in [0.15, 0.2) is 24.3 Å². The van der Waals surface area contributed by atoms with Crippen LogP contribution >= 0.6 is 0 Å². The summed E-state index contributed by atoms with van der Waals surface area (Å²) in [6, 6.07) is 7.27. The molecule has 0 bridgehead atoms. The number of aryl methyl sites for hydroxylation is 1. The van der Waals surface area contributed by atoms with Crippen molar-refractivity contribution in [2.24, 2.45) is 0 Å². The lowest BCUT2D eigenvalue weighted by atomic mass is 10.1. The number of aromatic nitrogens is 2. The minimum atomic E-state index is -0.448. The van der Waals surface area contributed by atoms with Crippen molar-refractivity contribution in [3.8, 4) is 5.75 Å². The average molecular weight is 257 g/mol. The number of nitrogens with zero attached hydrogens (tertiary/aromatic N) is 2. The number of ether oxygens (including phenoxy) is 1. The summed E-state index contributed by atoms with van der Waals surface area (Å²) in [7, 11) is 1.64. The fourth-order valence-corrected chi connectivity index (χ4v) is 2.59. The molecule has 3 nitrogen and oxygen atoms in total. The smallest absolute Gasteiger partial charge is 0.213 e. The summed E-state index contributed by atoms with van der Waals surface area (Å²) < 4.78 is 20.8. The molecule has 0 saturated carbocycles. The second-order valence-electron chi connectivity index (χ2n) is 4.44. The summed E-state index contributed by atoms with van der Waals surface area (Å²) in [5.74, 6) is 0.334. The fraction of sp³-hybridized carbons (Fsp3) is 0.200. The van der Waals surface area contributed by atoms with E-state index in [-0.39, 0.29) is 0 Å². The van der Waals surface area contributed by atoms with Crippen molar-refractivity contribution >= 4 is 21.8 Å². The summed E-state index contributed by atoms with van der Waals surface area (Å²) in [6.07, 6.45) is 0. The molecule has 1 aromatic carbocycles. The van der Waals surface area contributed by atoms with Gasteiger partial charge in [-0.2, -0.15) is 4.39 Å². The Labute approximate surface area is 110 Å². The number of hydrogen-bond acceptors (Lipinski definition) is 2. The second-order valence-corrected chi connectivity index (χ2v) is 4.44. The van der Waals surface area contributed by atoms with E-state index in [1.54, 1.807) is 7.11 Å². The van der Waals surface area contributed by atoms with E-state index < -0.39 is 5.95 Å². The summed E-state index contributed by atoms with van der Waals surface area (Å²) in [4.78, 5) is 3.91. The Bertz CT molecular complexity index is 777. The first-order chi connectivity index (χ1) is 9.15. The fourth-order valence-electron chi connectivity index (χ4n) is 2.59. The quantitative estimate of drug-likeness (QED) is 0.655. The molecular formula is C15H14FN2O. The number of halogens is 1. The topological polar surface area (TPSA) is 27.1 Å². The third kappa shape index (κ3) is 1.67. The normalized spacial score (nSPS) is 11.4. The first kappa shape index (κ1) is 12.0. The van der Waals surface area contributed by atoms with E-state index in [0.717, 1.165) is 27.6 Å². The number of fused-ring (bicyclic) bond motifs is 3. The van der Waals surface area contributed by atoms with Gasteiger partial charge in [0.25, 0.3) is 0 Å². The van der Waals surface area contributed by atoms with Crippen molar-refractivity contribution < 1.29 is 9.13 Å². The first-order valence-electron chi connectivity index (χ1n) is 6.10. The predicted molar refractivity (Wildman–Crippen MR) is 73.9 cm³/mol. The van der Waals surface area contributed by atoms with Crippen LogP contribution in [0.2, 0.25) is 0 Å². The average Bonchev–Trinajstić information content (AvgIpc) is 2.71. The highest BCUT2D eigenvalue weighted by atomic mass is 19.1. The monoisotopic (exact) mass is 257 g/mol. The van der Waals surface area contributed by atoms with Gasteiger partial charge in [-0.15, -0.1) is 0 Å². The van der Waals surface area contributed by atoms with E-state index in [4.69, 9.17) is 4.74 Å². The zero-order chi connectivity index (χ0) is 13.6. The van der Waals surface area contributed by atoms with E-state index in [2.05, 4.69) is 4.98 Å². The van der Waals surface area contributed by atoms with Gasteiger partial charge in [0.05, 0.1) is 30.4 Å². The lowest BCUT2D eigenvalue weighted by Crippen LogP contribution is -1.96. The Morgan fingerprint density at radius 1 is 1.26 bits per heavy atom. The van der Waals surface area contributed by atoms with Crippen LogP contribution in [-0.2, 0) is 0 Å². The molecule has 3 rings (SSSR count). The lowest BCUT2D eigenvalue weighted by Gasteiger charge is -2.05. The Kier molecular flexibility index (Phi) is 2.66. The number of hydrogen-bond donors (Lipinski definition) is 0. The van der Waals surface area contributed by atoms with Crippen LogP contribution in [0.25, 0.3) is 21.8 Å². The number of benzene rings is 1. The molecule has 2 heterocycles. The minimum absolute atomic E-state index is 0.448. The zero-order valence-corrected chi connectivity index (χ0v) is 11.1. The van der Waals surface area contributed by atoms with Gasteiger partial charge in [0, 0.05) is 22.9 Å². The van der Waals surface area contributed by atoms with Crippen molar-refractivity contribution in [3.63, 3.8) is 0 Å². The zero-order valence-electron chi connectivity index (χ0n) is 11.1. The maximum atomic E-state index is 13.5. The van der Waals surface area contributed by atoms with Crippen molar-refractivity contribution in [2.75, 3.05) is 7.11 Å². The highest BCUT2D eigenvalue weighted by Crippen LogP contribution is 2.33. The Balaban J connectivity index is 2.53. The van der Waals surface area contributed by atoms with Gasteiger partial charge in [-0.05, 0) is 26.0 Å². The van der Waals surface area contributed by atoms with Crippen molar-refractivity contribution in [1.29, 1.82) is 0 Å². The van der Waals surface area contributed by atoms with Gasteiger partial charge in [-0.25, -0.2) is 4.98 Å². The summed E-state index contributed by atoms with van der Waals surface area (Å²) >= 11 is 0. The van der Waals surface area contributed by atoms with E-state index >= 15 is 0 Å². The molecule has 0 atom stereocenters. The molecule has 0 unspecified atom stereocenters. The van der Waals surface area contributed by atoms with Gasteiger partial charge in [0.2, 0.25) is 5.95 Å². The Hall–Kier alpha value is -2.10. The van der Waals surface area contributed by atoms with E-state index in [1.807, 2.05) is 43.2 Å². The van der Waals surface area contributed by atoms with Crippen LogP contribution in [-0.4, -0.2) is 16.7 Å². The molecule has 19 heavy (non-hydrogen) atoms. The van der Waals surface area contributed by atoms with Crippen LogP contribution in [0.5, 0.6) is 5.75 Å². The van der Waals surface area contributed by atoms with Crippen LogP contribution in [0.1, 0.15) is 12.6 Å². The molecule has 3 aromatic rings. The van der Waals surface area contributed by atoms with E-state index in [1.165, 1.54) is 6.07 Å². The summed E-state index contributed by atoms with van der Waals surface area (Å²) in [6.45, 7) is 5.72. The minimum Gasteiger partial charge on any atom is -0.497 e. The maximum Gasteiger partial charge on any atom is 0.213 e. The Morgan fingerprint density at radius 2 is 2.05 bits per heavy atom. The van der Waals surface area contributed by atoms with Crippen LogP contribution in [0.3, 0.4) is 0 Å². The van der Waals surface area contributed by atoms with E-state index in [9.17, 15) is 4.39 Å². The second kappa shape index (κ2) is 4.23. The lowest BCUT2D eigenvalue weighted by molar-refractivity contribution is 0.415. The maximum absolute atomic E-state index is 13.5. The van der Waals surface area contributed by atoms with Gasteiger partial charge in [0.15, 0.2) is 0 Å². The third-order valence-corrected chi connectivity index (χ3v) is 3.39. The molecule has 0 N–H and O–H groups in total. The van der Waals surface area contributed by atoms with Gasteiger partial charge in [-0.3, -0.25) is 0 Å². The van der Waals surface area contributed by atoms with Crippen molar-refractivity contribution in [3.05, 3.63) is 42.5 Å². The van der Waals surface area contributed by atoms with Crippen molar-refractivity contribution in [2.45, 2.75) is 13.8 Å². The number of methoxy groups -OCH3 is 1. The van der Waals surface area contributed by atoms with Gasteiger partial charge < -0.3 is 9.30 Å². The predicted octanol–water partition coefficient (Wildman–Crippen LogP) is 3.68. The SMILES string of the molecule is C[CH]n1c2cc(OC)ccc2c2cc(F)nc(C)c21. The molecular weight excluding hydrogens is 243 g/mol. The highest BCUT2D eigenvalue weighted by molar-refractivity contribution is 6.09. The van der Waals surface area contributed by atoms with Gasteiger partial charge in [-0.1, -0.05) is 0 Å². The Morgan fingerprint density at radius 3 is 2.74 bits per heavy atom. The molecule has 2 aromatic heterocycles.